The number of anilines is 1. The van der Waals surface area contributed by atoms with Crippen LogP contribution in [0, 0.1) is 18.3 Å². The molecule has 0 radical (unpaired) electrons. The van der Waals surface area contributed by atoms with E-state index in [9.17, 15) is 0 Å². The molecule has 2 heterocycles. The fourth-order valence-corrected chi connectivity index (χ4v) is 1.67. The van der Waals surface area contributed by atoms with Crippen molar-refractivity contribution in [2.75, 3.05) is 5.73 Å². The van der Waals surface area contributed by atoms with Gasteiger partial charge >= 0.3 is 0 Å². The van der Waals surface area contributed by atoms with Gasteiger partial charge in [-0.1, -0.05) is 0 Å². The van der Waals surface area contributed by atoms with Crippen LogP contribution in [0.15, 0.2) is 17.0 Å². The molecule has 6 nitrogen and oxygen atoms in total. The standard InChI is InChI=1S/C9H7BrN6/c1-5-6(12)3-13-9(8(5)10)16-4-14-7(2-11)15-16/h3-4H,12H2,1H3. The number of nitrogens with zero attached hydrogens (tertiary/aromatic N) is 5. The first kappa shape index (κ1) is 10.6. The second-order valence-electron chi connectivity index (χ2n) is 3.10. The van der Waals surface area contributed by atoms with Gasteiger partial charge in [-0.15, -0.1) is 5.10 Å². The van der Waals surface area contributed by atoms with Crippen molar-refractivity contribution in [3.8, 4) is 11.9 Å². The maximum atomic E-state index is 8.63. The fraction of sp³-hybridized carbons (Fsp3) is 0.111. The molecule has 7 heteroatoms. The highest BCUT2D eigenvalue weighted by molar-refractivity contribution is 9.10. The van der Waals surface area contributed by atoms with Crippen LogP contribution < -0.4 is 5.73 Å². The first-order valence-electron chi connectivity index (χ1n) is 4.36. The lowest BCUT2D eigenvalue weighted by Crippen LogP contribution is -2.03. The molecular formula is C9H7BrN6. The molecule has 2 N–H and O–H groups in total. The molecule has 0 fully saturated rings. The van der Waals surface area contributed by atoms with Crippen LogP contribution >= 0.6 is 15.9 Å². The highest BCUT2D eigenvalue weighted by atomic mass is 79.9. The highest BCUT2D eigenvalue weighted by Crippen LogP contribution is 2.25. The maximum Gasteiger partial charge on any atom is 0.252 e. The molecule has 0 bridgehead atoms. The van der Waals surface area contributed by atoms with Crippen LogP contribution in [-0.2, 0) is 0 Å². The summed E-state index contributed by atoms with van der Waals surface area (Å²) >= 11 is 3.38. The predicted octanol–water partition coefficient (Wildman–Crippen LogP) is 1.19. The second kappa shape index (κ2) is 3.90. The summed E-state index contributed by atoms with van der Waals surface area (Å²) in [5.41, 5.74) is 7.18. The Balaban J connectivity index is 2.57. The summed E-state index contributed by atoms with van der Waals surface area (Å²) in [6, 6.07) is 1.85. The van der Waals surface area contributed by atoms with Crippen LogP contribution in [0.2, 0.25) is 0 Å². The number of nitrogen functional groups attached to an aromatic ring is 1. The lowest BCUT2D eigenvalue weighted by molar-refractivity contribution is 0.833. The molecule has 16 heavy (non-hydrogen) atoms. The van der Waals surface area contributed by atoms with Gasteiger partial charge in [-0.3, -0.25) is 0 Å². The zero-order chi connectivity index (χ0) is 11.7. The van der Waals surface area contributed by atoms with Gasteiger partial charge in [0.1, 0.15) is 12.4 Å². The normalized spacial score (nSPS) is 10.1. The molecule has 0 atom stereocenters. The first-order valence-corrected chi connectivity index (χ1v) is 5.15. The topological polar surface area (TPSA) is 93.4 Å². The van der Waals surface area contributed by atoms with Gasteiger partial charge in [-0.2, -0.15) is 5.26 Å². The van der Waals surface area contributed by atoms with Crippen molar-refractivity contribution in [1.82, 2.24) is 19.7 Å². The third-order valence-corrected chi connectivity index (χ3v) is 3.04. The van der Waals surface area contributed by atoms with Gasteiger partial charge in [0.2, 0.25) is 0 Å². The average molecular weight is 279 g/mol. The van der Waals surface area contributed by atoms with Gasteiger partial charge in [-0.25, -0.2) is 14.6 Å². The van der Waals surface area contributed by atoms with E-state index in [4.69, 9.17) is 11.0 Å². The van der Waals surface area contributed by atoms with E-state index < -0.39 is 0 Å². The average Bonchev–Trinajstić information content (AvgIpc) is 2.74. The number of pyridine rings is 1. The van der Waals surface area contributed by atoms with Crippen LogP contribution in [0.25, 0.3) is 5.82 Å². The predicted molar refractivity (Wildman–Crippen MR) is 60.7 cm³/mol. The summed E-state index contributed by atoms with van der Waals surface area (Å²) in [7, 11) is 0. The minimum atomic E-state index is 0.100. The second-order valence-corrected chi connectivity index (χ2v) is 3.89. The largest absolute Gasteiger partial charge is 0.397 e. The van der Waals surface area contributed by atoms with E-state index in [1.807, 2.05) is 13.0 Å². The molecule has 2 aromatic rings. The van der Waals surface area contributed by atoms with E-state index in [1.165, 1.54) is 11.0 Å². The molecular weight excluding hydrogens is 272 g/mol. The molecule has 0 aliphatic heterocycles. The molecule has 0 spiro atoms. The van der Waals surface area contributed by atoms with Gasteiger partial charge in [0, 0.05) is 0 Å². The number of halogens is 1. The maximum absolute atomic E-state index is 8.63. The molecule has 0 aliphatic carbocycles. The lowest BCUT2D eigenvalue weighted by Gasteiger charge is -2.07. The zero-order valence-electron chi connectivity index (χ0n) is 8.35. The number of rotatable bonds is 1. The van der Waals surface area contributed by atoms with Crippen molar-refractivity contribution in [3.05, 3.63) is 28.4 Å². The van der Waals surface area contributed by atoms with E-state index in [0.717, 1.165) is 10.0 Å². The van der Waals surface area contributed by atoms with Crippen molar-refractivity contribution in [1.29, 1.82) is 5.26 Å². The Bertz CT molecular complexity index is 582. The highest BCUT2D eigenvalue weighted by Gasteiger charge is 2.11. The molecule has 0 saturated heterocycles. The van der Waals surface area contributed by atoms with Crippen molar-refractivity contribution in [2.45, 2.75) is 6.92 Å². The van der Waals surface area contributed by atoms with E-state index in [-0.39, 0.29) is 5.82 Å². The summed E-state index contributed by atoms with van der Waals surface area (Å²) in [6.07, 6.45) is 2.98. The van der Waals surface area contributed by atoms with Crippen molar-refractivity contribution < 1.29 is 0 Å². The van der Waals surface area contributed by atoms with Gasteiger partial charge in [-0.05, 0) is 28.4 Å². The van der Waals surface area contributed by atoms with Crippen molar-refractivity contribution >= 4 is 21.6 Å². The third-order valence-electron chi connectivity index (χ3n) is 2.09. The summed E-state index contributed by atoms with van der Waals surface area (Å²) in [4.78, 5) is 7.94. The number of hydrogen-bond acceptors (Lipinski definition) is 5. The van der Waals surface area contributed by atoms with Crippen LogP contribution in [0.1, 0.15) is 11.4 Å². The van der Waals surface area contributed by atoms with Gasteiger partial charge < -0.3 is 5.73 Å². The molecule has 0 aliphatic rings. The molecule has 0 unspecified atom stereocenters. The van der Waals surface area contributed by atoms with Gasteiger partial charge in [0.25, 0.3) is 5.82 Å². The van der Waals surface area contributed by atoms with E-state index in [2.05, 4.69) is 31.0 Å². The Morgan fingerprint density at radius 2 is 2.25 bits per heavy atom. The molecule has 80 valence electrons. The lowest BCUT2D eigenvalue weighted by atomic mass is 10.2. The molecule has 2 aromatic heterocycles. The van der Waals surface area contributed by atoms with Crippen LogP contribution in [0.3, 0.4) is 0 Å². The van der Waals surface area contributed by atoms with Crippen LogP contribution in [0.5, 0.6) is 0 Å². The molecule has 0 amide bonds. The molecule has 0 saturated carbocycles. The number of hydrogen-bond donors (Lipinski definition) is 1. The Hall–Kier alpha value is -1.94. The first-order chi connectivity index (χ1) is 7.63. The van der Waals surface area contributed by atoms with E-state index in [0.29, 0.717) is 11.5 Å². The minimum absolute atomic E-state index is 0.100. The smallest absolute Gasteiger partial charge is 0.252 e. The molecule has 2 rings (SSSR count). The number of nitriles is 1. The van der Waals surface area contributed by atoms with Gasteiger partial charge in [0.05, 0.1) is 16.4 Å². The zero-order valence-corrected chi connectivity index (χ0v) is 9.93. The van der Waals surface area contributed by atoms with E-state index >= 15 is 0 Å². The Labute approximate surface area is 99.9 Å². The van der Waals surface area contributed by atoms with Crippen LogP contribution in [0.4, 0.5) is 5.69 Å². The van der Waals surface area contributed by atoms with Crippen molar-refractivity contribution in [3.63, 3.8) is 0 Å². The summed E-state index contributed by atoms with van der Waals surface area (Å²) < 4.78 is 2.16. The monoisotopic (exact) mass is 278 g/mol. The Morgan fingerprint density at radius 3 is 2.88 bits per heavy atom. The number of aromatic nitrogens is 4. The fourth-order valence-electron chi connectivity index (χ4n) is 1.15. The van der Waals surface area contributed by atoms with Gasteiger partial charge in [0.15, 0.2) is 5.82 Å². The summed E-state index contributed by atoms with van der Waals surface area (Å²) in [5.74, 6) is 0.656. The number of nitrogens with two attached hydrogens (primary N) is 1. The van der Waals surface area contributed by atoms with E-state index in [1.54, 1.807) is 6.20 Å². The summed E-state index contributed by atoms with van der Waals surface area (Å²) in [6.45, 7) is 1.87. The Morgan fingerprint density at radius 1 is 1.50 bits per heavy atom. The molecule has 0 aromatic carbocycles. The summed E-state index contributed by atoms with van der Waals surface area (Å²) in [5, 5.41) is 12.6. The Kier molecular flexibility index (Phi) is 2.58. The van der Waals surface area contributed by atoms with Crippen LogP contribution in [-0.4, -0.2) is 19.7 Å². The quantitative estimate of drug-likeness (QED) is 0.846. The SMILES string of the molecule is Cc1c(N)cnc(-n2cnc(C#N)n2)c1Br. The third kappa shape index (κ3) is 1.63. The van der Waals surface area contributed by atoms with Crippen molar-refractivity contribution in [2.24, 2.45) is 0 Å². The minimum Gasteiger partial charge on any atom is -0.397 e.